The summed E-state index contributed by atoms with van der Waals surface area (Å²) in [4.78, 5) is 0. The Morgan fingerprint density at radius 2 is 2.00 bits per heavy atom. The summed E-state index contributed by atoms with van der Waals surface area (Å²) in [5.74, 6) is 0.695. The second-order valence-electron chi connectivity index (χ2n) is 3.36. The monoisotopic (exact) mass is 152 g/mol. The van der Waals surface area contributed by atoms with Crippen LogP contribution in [0.1, 0.15) is 40.5 Å². The smallest absolute Gasteiger partial charge is 0.0288 e. The largest absolute Gasteiger partial charge is 0.0917 e. The number of hydrogen-bond acceptors (Lipinski definition) is 0. The van der Waals surface area contributed by atoms with Crippen molar-refractivity contribution in [3.63, 3.8) is 0 Å². The van der Waals surface area contributed by atoms with Crippen LogP contribution in [0.4, 0.5) is 0 Å². The normalized spacial score (nSPS) is 13.4. The van der Waals surface area contributed by atoms with Gasteiger partial charge in [-0.1, -0.05) is 37.6 Å². The molecule has 0 amide bonds. The summed E-state index contributed by atoms with van der Waals surface area (Å²) >= 11 is 0. The van der Waals surface area contributed by atoms with E-state index in [4.69, 9.17) is 0 Å². The van der Waals surface area contributed by atoms with Gasteiger partial charge >= 0.3 is 0 Å². The van der Waals surface area contributed by atoms with E-state index >= 15 is 0 Å². The van der Waals surface area contributed by atoms with Crippen molar-refractivity contribution < 1.29 is 0 Å². The van der Waals surface area contributed by atoms with Crippen molar-refractivity contribution >= 4 is 0 Å². The Kier molecular flexibility index (Phi) is 5.91. The summed E-state index contributed by atoms with van der Waals surface area (Å²) in [5.41, 5.74) is 1.51. The predicted octanol–water partition coefficient (Wildman–Crippen LogP) is 3.95. The molecule has 0 fully saturated rings. The molecule has 0 heteroatoms. The molecule has 0 aromatic rings. The molecule has 0 aliphatic rings. The molecule has 0 aliphatic carbocycles. The summed E-state index contributed by atoms with van der Waals surface area (Å²) < 4.78 is 0. The van der Waals surface area contributed by atoms with Gasteiger partial charge in [0.25, 0.3) is 0 Å². The second kappa shape index (κ2) is 6.21. The van der Waals surface area contributed by atoms with E-state index < -0.39 is 0 Å². The van der Waals surface area contributed by atoms with Crippen molar-refractivity contribution in [3.05, 3.63) is 23.8 Å². The molecule has 0 atom stereocenters. The van der Waals surface area contributed by atoms with E-state index in [1.165, 1.54) is 18.4 Å². The molecule has 0 spiro atoms. The van der Waals surface area contributed by atoms with E-state index in [0.717, 1.165) is 0 Å². The Hall–Kier alpha value is -0.520. The third kappa shape index (κ3) is 7.38. The number of allylic oxidation sites excluding steroid dienone is 4. The van der Waals surface area contributed by atoms with Gasteiger partial charge in [0.1, 0.15) is 0 Å². The lowest BCUT2D eigenvalue weighted by Crippen LogP contribution is -1.83. The minimum atomic E-state index is 0.695. The summed E-state index contributed by atoms with van der Waals surface area (Å²) in [6.07, 6.45) is 9.07. The van der Waals surface area contributed by atoms with Crippen LogP contribution >= 0.6 is 0 Å². The van der Waals surface area contributed by atoms with Crippen LogP contribution in [0.2, 0.25) is 0 Å². The summed E-state index contributed by atoms with van der Waals surface area (Å²) in [6, 6.07) is 0. The van der Waals surface area contributed by atoms with Crippen LogP contribution in [-0.4, -0.2) is 0 Å². The topological polar surface area (TPSA) is 0 Å². The highest BCUT2D eigenvalue weighted by Gasteiger charge is 1.90. The minimum absolute atomic E-state index is 0.695. The van der Waals surface area contributed by atoms with E-state index in [1.807, 2.05) is 0 Å². The molecule has 0 saturated heterocycles. The molecule has 0 nitrogen and oxygen atoms in total. The van der Waals surface area contributed by atoms with Crippen LogP contribution in [0.25, 0.3) is 0 Å². The quantitative estimate of drug-likeness (QED) is 0.535. The van der Waals surface area contributed by atoms with Gasteiger partial charge in [0, 0.05) is 0 Å². The zero-order valence-electron chi connectivity index (χ0n) is 8.22. The fourth-order valence-electron chi connectivity index (χ4n) is 1.13. The fourth-order valence-corrected chi connectivity index (χ4v) is 1.13. The standard InChI is InChI=1S/C11H20/c1-5-6-7-8-11(4)9-10(2)3/h5-6,9-10H,7-8H2,1-4H3/b6-5-,11-9+. The Bertz CT molecular complexity index is 138. The molecule has 0 aromatic heterocycles. The maximum Gasteiger partial charge on any atom is -0.0288 e. The van der Waals surface area contributed by atoms with Crippen molar-refractivity contribution in [2.75, 3.05) is 0 Å². The predicted molar refractivity (Wildman–Crippen MR) is 52.6 cm³/mol. The molecule has 0 aromatic carbocycles. The highest BCUT2D eigenvalue weighted by molar-refractivity contribution is 5.00. The van der Waals surface area contributed by atoms with Gasteiger partial charge in [-0.3, -0.25) is 0 Å². The summed E-state index contributed by atoms with van der Waals surface area (Å²) in [6.45, 7) is 8.73. The van der Waals surface area contributed by atoms with Gasteiger partial charge in [0.2, 0.25) is 0 Å². The first-order valence-electron chi connectivity index (χ1n) is 4.45. The van der Waals surface area contributed by atoms with E-state index in [-0.39, 0.29) is 0 Å². The lowest BCUT2D eigenvalue weighted by molar-refractivity contribution is 0.806. The summed E-state index contributed by atoms with van der Waals surface area (Å²) in [5, 5.41) is 0. The van der Waals surface area contributed by atoms with E-state index in [0.29, 0.717) is 5.92 Å². The van der Waals surface area contributed by atoms with Gasteiger partial charge in [-0.2, -0.15) is 0 Å². The Balaban J connectivity index is 3.59. The SMILES string of the molecule is C/C=C\CC/C(C)=C/C(C)C. The average Bonchev–Trinajstić information content (AvgIpc) is 1.86. The maximum absolute atomic E-state index is 2.34. The van der Waals surface area contributed by atoms with Gasteiger partial charge in [-0.05, 0) is 32.6 Å². The first-order valence-corrected chi connectivity index (χ1v) is 4.45. The van der Waals surface area contributed by atoms with Crippen LogP contribution < -0.4 is 0 Å². The molecular formula is C11H20. The van der Waals surface area contributed by atoms with Gasteiger partial charge in [0.15, 0.2) is 0 Å². The Labute approximate surface area is 71.0 Å². The molecule has 0 heterocycles. The molecular weight excluding hydrogens is 132 g/mol. The lowest BCUT2D eigenvalue weighted by atomic mass is 10.1. The molecule has 0 N–H and O–H groups in total. The van der Waals surface area contributed by atoms with E-state index in [1.54, 1.807) is 0 Å². The van der Waals surface area contributed by atoms with Crippen LogP contribution in [0.5, 0.6) is 0 Å². The van der Waals surface area contributed by atoms with E-state index in [2.05, 4.69) is 45.9 Å². The molecule has 0 aliphatic heterocycles. The first kappa shape index (κ1) is 10.5. The highest BCUT2D eigenvalue weighted by Crippen LogP contribution is 2.08. The van der Waals surface area contributed by atoms with Crippen LogP contribution in [0, 0.1) is 5.92 Å². The van der Waals surface area contributed by atoms with Crippen molar-refractivity contribution in [3.8, 4) is 0 Å². The third-order valence-corrected chi connectivity index (χ3v) is 1.56. The van der Waals surface area contributed by atoms with Gasteiger partial charge < -0.3 is 0 Å². The average molecular weight is 152 g/mol. The van der Waals surface area contributed by atoms with Crippen LogP contribution in [0.15, 0.2) is 23.8 Å². The maximum atomic E-state index is 2.34. The highest BCUT2D eigenvalue weighted by atomic mass is 14.0. The van der Waals surface area contributed by atoms with Gasteiger partial charge in [0.05, 0.1) is 0 Å². The van der Waals surface area contributed by atoms with Crippen molar-refractivity contribution in [1.29, 1.82) is 0 Å². The Morgan fingerprint density at radius 3 is 2.45 bits per heavy atom. The molecule has 0 saturated carbocycles. The fraction of sp³-hybridized carbons (Fsp3) is 0.636. The van der Waals surface area contributed by atoms with Crippen LogP contribution in [0.3, 0.4) is 0 Å². The molecule has 0 rings (SSSR count). The lowest BCUT2D eigenvalue weighted by Gasteiger charge is -2.00. The second-order valence-corrected chi connectivity index (χ2v) is 3.36. The van der Waals surface area contributed by atoms with E-state index in [9.17, 15) is 0 Å². The van der Waals surface area contributed by atoms with Crippen molar-refractivity contribution in [2.45, 2.75) is 40.5 Å². The van der Waals surface area contributed by atoms with Crippen molar-refractivity contribution in [1.82, 2.24) is 0 Å². The molecule has 11 heavy (non-hydrogen) atoms. The first-order chi connectivity index (χ1) is 5.16. The Morgan fingerprint density at radius 1 is 1.36 bits per heavy atom. The zero-order valence-corrected chi connectivity index (χ0v) is 8.22. The van der Waals surface area contributed by atoms with Crippen molar-refractivity contribution in [2.24, 2.45) is 5.92 Å². The molecule has 0 radical (unpaired) electrons. The minimum Gasteiger partial charge on any atom is -0.0917 e. The summed E-state index contributed by atoms with van der Waals surface area (Å²) in [7, 11) is 0. The van der Waals surface area contributed by atoms with Crippen LogP contribution in [-0.2, 0) is 0 Å². The van der Waals surface area contributed by atoms with Gasteiger partial charge in [-0.25, -0.2) is 0 Å². The van der Waals surface area contributed by atoms with Gasteiger partial charge in [-0.15, -0.1) is 0 Å². The third-order valence-electron chi connectivity index (χ3n) is 1.56. The molecule has 64 valence electrons. The molecule has 0 unspecified atom stereocenters. The molecule has 0 bridgehead atoms. The number of hydrogen-bond donors (Lipinski definition) is 0. The number of rotatable bonds is 4. The zero-order chi connectivity index (χ0) is 8.69.